The van der Waals surface area contributed by atoms with E-state index in [9.17, 15) is 30.0 Å². The molecule has 0 aromatic rings. The fourth-order valence-corrected chi connectivity index (χ4v) is 8.55. The van der Waals surface area contributed by atoms with E-state index in [4.69, 9.17) is 18.9 Å². The summed E-state index contributed by atoms with van der Waals surface area (Å²) in [5, 5.41) is 40.2. The van der Waals surface area contributed by atoms with Gasteiger partial charge >= 0.3 is 11.9 Å². The van der Waals surface area contributed by atoms with Crippen LogP contribution in [0.4, 0.5) is 0 Å². The molecular weight excluding hydrogens is 785 g/mol. The summed E-state index contributed by atoms with van der Waals surface area (Å²) >= 11 is 0. The standard InChI is InChI=1S/C52H100O10/c1-3-5-7-9-11-13-15-17-19-20-21-22-23-24-25-26-27-29-30-32-34-36-38-40-47(54)59-43-45(44-60-52-51(58)50(57)49(56)46(42-53)62-52)61-48(55)41-39-37-35-33-31-28-18-16-14-12-10-8-6-4-2/h45-46,49-53,56-58H,3-44H2,1-2H3/t45-,46-,49+,50?,51?,52-/m0/s1. The number of aliphatic hydroxyl groups excluding tert-OH is 4. The van der Waals surface area contributed by atoms with E-state index in [2.05, 4.69) is 13.8 Å². The third kappa shape index (κ3) is 34.1. The molecule has 368 valence electrons. The number of aliphatic hydroxyl groups is 4. The maximum atomic E-state index is 12.8. The molecule has 4 N–H and O–H groups in total. The number of carbonyl (C=O) groups is 2. The molecule has 0 saturated carbocycles. The highest BCUT2D eigenvalue weighted by Crippen LogP contribution is 2.23. The van der Waals surface area contributed by atoms with E-state index in [1.54, 1.807) is 0 Å². The second kappa shape index (κ2) is 43.6. The summed E-state index contributed by atoms with van der Waals surface area (Å²) in [4.78, 5) is 25.4. The third-order valence-corrected chi connectivity index (χ3v) is 12.7. The Hall–Kier alpha value is -1.30. The van der Waals surface area contributed by atoms with Gasteiger partial charge in [-0.1, -0.05) is 239 Å². The van der Waals surface area contributed by atoms with Crippen molar-refractivity contribution in [2.75, 3.05) is 19.8 Å². The Balaban J connectivity index is 2.19. The zero-order valence-corrected chi connectivity index (χ0v) is 40.4. The minimum absolute atomic E-state index is 0.208. The van der Waals surface area contributed by atoms with Crippen molar-refractivity contribution in [2.45, 2.75) is 301 Å². The molecule has 2 unspecified atom stereocenters. The molecule has 0 aromatic carbocycles. The lowest BCUT2D eigenvalue weighted by atomic mass is 9.99. The van der Waals surface area contributed by atoms with E-state index in [1.807, 2.05) is 0 Å². The van der Waals surface area contributed by atoms with Crippen LogP contribution >= 0.6 is 0 Å². The second-order valence-corrected chi connectivity index (χ2v) is 18.7. The van der Waals surface area contributed by atoms with E-state index in [0.717, 1.165) is 38.5 Å². The SMILES string of the molecule is CCCCCCCCCCCCCCCCCCCCCCCCCC(=O)OC[C@@H](CO[C@H]1O[C@@H](CO)[C@@H](O)C(O)C1O)OC(=O)CCCCCCCCCCCCCCCC. The summed E-state index contributed by atoms with van der Waals surface area (Å²) in [6.45, 7) is 3.48. The van der Waals surface area contributed by atoms with Crippen molar-refractivity contribution in [1.29, 1.82) is 0 Å². The maximum Gasteiger partial charge on any atom is 0.306 e. The van der Waals surface area contributed by atoms with Gasteiger partial charge in [0.05, 0.1) is 13.2 Å². The predicted octanol–water partition coefficient (Wildman–Crippen LogP) is 12.5. The van der Waals surface area contributed by atoms with Crippen LogP contribution in [0.1, 0.15) is 264 Å². The molecule has 1 aliphatic heterocycles. The van der Waals surface area contributed by atoms with Gasteiger partial charge in [0.25, 0.3) is 0 Å². The van der Waals surface area contributed by atoms with Gasteiger partial charge in [0.1, 0.15) is 31.0 Å². The Labute approximate surface area is 380 Å². The minimum atomic E-state index is -1.59. The summed E-state index contributed by atoms with van der Waals surface area (Å²) in [6.07, 6.45) is 39.8. The van der Waals surface area contributed by atoms with E-state index >= 15 is 0 Å². The molecule has 10 nitrogen and oxygen atoms in total. The molecule has 1 saturated heterocycles. The number of rotatable bonds is 46. The number of ether oxygens (including phenoxy) is 4. The van der Waals surface area contributed by atoms with Gasteiger partial charge in [-0.25, -0.2) is 0 Å². The molecule has 1 heterocycles. The number of esters is 2. The fraction of sp³-hybridized carbons (Fsp3) is 0.962. The zero-order chi connectivity index (χ0) is 45.1. The third-order valence-electron chi connectivity index (χ3n) is 12.7. The van der Waals surface area contributed by atoms with Gasteiger partial charge in [0.2, 0.25) is 0 Å². The van der Waals surface area contributed by atoms with Crippen LogP contribution in [0, 0.1) is 0 Å². The molecule has 0 bridgehead atoms. The van der Waals surface area contributed by atoms with Gasteiger partial charge < -0.3 is 39.4 Å². The highest BCUT2D eigenvalue weighted by molar-refractivity contribution is 5.70. The quantitative estimate of drug-likeness (QED) is 0.0343. The van der Waals surface area contributed by atoms with Crippen molar-refractivity contribution in [3.05, 3.63) is 0 Å². The molecule has 0 radical (unpaired) electrons. The molecule has 1 fully saturated rings. The van der Waals surface area contributed by atoms with Gasteiger partial charge in [-0.15, -0.1) is 0 Å². The first-order valence-corrected chi connectivity index (χ1v) is 26.6. The Morgan fingerprint density at radius 2 is 0.758 bits per heavy atom. The highest BCUT2D eigenvalue weighted by Gasteiger charge is 2.44. The Bertz CT molecular complexity index is 979. The van der Waals surface area contributed by atoms with E-state index in [0.29, 0.717) is 6.42 Å². The lowest BCUT2D eigenvalue weighted by Gasteiger charge is -2.39. The summed E-state index contributed by atoms with van der Waals surface area (Å²) in [5.74, 6) is -0.786. The molecule has 1 rings (SSSR count). The van der Waals surface area contributed by atoms with Crippen LogP contribution in [-0.4, -0.2) is 89.0 Å². The van der Waals surface area contributed by atoms with Gasteiger partial charge in [-0.3, -0.25) is 9.59 Å². The van der Waals surface area contributed by atoms with Crippen LogP contribution in [0.5, 0.6) is 0 Å². The van der Waals surface area contributed by atoms with Crippen LogP contribution in [0.3, 0.4) is 0 Å². The van der Waals surface area contributed by atoms with Gasteiger partial charge in [-0.05, 0) is 12.8 Å². The van der Waals surface area contributed by atoms with Crippen LogP contribution in [0.2, 0.25) is 0 Å². The average Bonchev–Trinajstić information content (AvgIpc) is 3.27. The highest BCUT2D eigenvalue weighted by atomic mass is 16.7. The topological polar surface area (TPSA) is 152 Å². The summed E-state index contributed by atoms with van der Waals surface area (Å²) < 4.78 is 22.3. The lowest BCUT2D eigenvalue weighted by molar-refractivity contribution is -0.305. The monoisotopic (exact) mass is 885 g/mol. The van der Waals surface area contributed by atoms with Gasteiger partial charge in [0, 0.05) is 12.8 Å². The lowest BCUT2D eigenvalue weighted by Crippen LogP contribution is -2.59. The smallest absolute Gasteiger partial charge is 0.306 e. The first-order valence-electron chi connectivity index (χ1n) is 26.6. The first kappa shape index (κ1) is 58.7. The maximum absolute atomic E-state index is 12.8. The van der Waals surface area contributed by atoms with E-state index in [-0.39, 0.29) is 32.0 Å². The van der Waals surface area contributed by atoms with Crippen molar-refractivity contribution in [1.82, 2.24) is 0 Å². The Morgan fingerprint density at radius 3 is 1.10 bits per heavy atom. The minimum Gasteiger partial charge on any atom is -0.462 e. The van der Waals surface area contributed by atoms with Crippen LogP contribution in [0.25, 0.3) is 0 Å². The largest absolute Gasteiger partial charge is 0.462 e. The molecule has 6 atom stereocenters. The molecule has 1 aliphatic rings. The number of unbranched alkanes of at least 4 members (excludes halogenated alkanes) is 35. The van der Waals surface area contributed by atoms with Crippen molar-refractivity contribution < 1.29 is 49.0 Å². The van der Waals surface area contributed by atoms with Crippen molar-refractivity contribution >= 4 is 11.9 Å². The molecule has 0 aliphatic carbocycles. The summed E-state index contributed by atoms with van der Waals surface area (Å²) in [7, 11) is 0. The molecule has 62 heavy (non-hydrogen) atoms. The first-order chi connectivity index (χ1) is 30.3. The van der Waals surface area contributed by atoms with Gasteiger partial charge in [0.15, 0.2) is 12.4 Å². The zero-order valence-electron chi connectivity index (χ0n) is 40.4. The Kier molecular flexibility index (Phi) is 41.3. The van der Waals surface area contributed by atoms with Crippen LogP contribution in [-0.2, 0) is 28.5 Å². The van der Waals surface area contributed by atoms with Crippen molar-refractivity contribution in [3.8, 4) is 0 Å². The second-order valence-electron chi connectivity index (χ2n) is 18.7. The molecule has 0 amide bonds. The van der Waals surface area contributed by atoms with E-state index in [1.165, 1.54) is 193 Å². The fourth-order valence-electron chi connectivity index (χ4n) is 8.55. The molecule has 10 heteroatoms. The van der Waals surface area contributed by atoms with Crippen molar-refractivity contribution in [2.24, 2.45) is 0 Å². The summed E-state index contributed by atoms with van der Waals surface area (Å²) in [5.41, 5.74) is 0. The van der Waals surface area contributed by atoms with Crippen LogP contribution < -0.4 is 0 Å². The van der Waals surface area contributed by atoms with E-state index < -0.39 is 49.4 Å². The van der Waals surface area contributed by atoms with Crippen molar-refractivity contribution in [3.63, 3.8) is 0 Å². The number of carbonyl (C=O) groups excluding carboxylic acids is 2. The predicted molar refractivity (Wildman–Crippen MR) is 252 cm³/mol. The normalized spacial score (nSPS) is 19.5. The molecule has 0 aromatic heterocycles. The number of hydrogen-bond acceptors (Lipinski definition) is 10. The van der Waals surface area contributed by atoms with Crippen LogP contribution in [0.15, 0.2) is 0 Å². The molecule has 0 spiro atoms. The summed E-state index contributed by atoms with van der Waals surface area (Å²) in [6, 6.07) is 0. The van der Waals surface area contributed by atoms with Gasteiger partial charge in [-0.2, -0.15) is 0 Å². The molecular formula is C52H100O10. The number of hydrogen-bond donors (Lipinski definition) is 4. The Morgan fingerprint density at radius 1 is 0.435 bits per heavy atom. The average molecular weight is 885 g/mol.